The van der Waals surface area contributed by atoms with E-state index in [9.17, 15) is 9.59 Å². The van der Waals surface area contributed by atoms with Gasteiger partial charge in [-0.05, 0) is 54.7 Å². The normalized spacial score (nSPS) is 20.0. The molecule has 5 heteroatoms. The maximum Gasteiger partial charge on any atom is 0.224 e. The maximum absolute atomic E-state index is 13.7. The van der Waals surface area contributed by atoms with Gasteiger partial charge in [0.2, 0.25) is 5.91 Å². The highest BCUT2D eigenvalue weighted by molar-refractivity contribution is 6.30. The number of carbonyl (C=O) groups is 2. The lowest BCUT2D eigenvalue weighted by Gasteiger charge is -2.34. The number of benzene rings is 3. The first-order chi connectivity index (χ1) is 15.9. The highest BCUT2D eigenvalue weighted by Gasteiger charge is 2.40. The molecule has 0 saturated heterocycles. The Hall–Kier alpha value is -3.37. The first-order valence-corrected chi connectivity index (χ1v) is 11.5. The molecule has 3 aromatic carbocycles. The van der Waals surface area contributed by atoms with Crippen LogP contribution in [0.25, 0.3) is 0 Å². The first-order valence-electron chi connectivity index (χ1n) is 11.2. The molecule has 33 heavy (non-hydrogen) atoms. The number of anilines is 2. The van der Waals surface area contributed by atoms with E-state index in [0.29, 0.717) is 23.4 Å². The number of para-hydroxylation sites is 2. The van der Waals surface area contributed by atoms with E-state index in [0.717, 1.165) is 33.8 Å². The summed E-state index contributed by atoms with van der Waals surface area (Å²) in [6.07, 6.45) is 1.08. The van der Waals surface area contributed by atoms with Crippen LogP contribution >= 0.6 is 11.6 Å². The van der Waals surface area contributed by atoms with Gasteiger partial charge in [0.15, 0.2) is 5.78 Å². The van der Waals surface area contributed by atoms with Crippen molar-refractivity contribution in [1.29, 1.82) is 0 Å². The molecular formula is C28H25ClN2O2. The Balaban J connectivity index is 1.69. The molecule has 2 aliphatic rings. The molecule has 0 saturated carbocycles. The Morgan fingerprint density at radius 2 is 1.61 bits per heavy atom. The zero-order valence-electron chi connectivity index (χ0n) is 18.6. The molecular weight excluding hydrogens is 432 g/mol. The van der Waals surface area contributed by atoms with Gasteiger partial charge in [-0.3, -0.25) is 14.5 Å². The zero-order chi connectivity index (χ0) is 23.1. The van der Waals surface area contributed by atoms with E-state index in [1.807, 2.05) is 79.7 Å². The highest BCUT2D eigenvalue weighted by Crippen LogP contribution is 2.47. The van der Waals surface area contributed by atoms with Crippen LogP contribution in [0.15, 0.2) is 84.1 Å². The number of Topliss-reactive ketones (excluding diaryl/α,β-unsaturated/α-hetero) is 1. The highest BCUT2D eigenvalue weighted by atomic mass is 35.5. The number of amides is 1. The third-order valence-corrected chi connectivity index (χ3v) is 6.81. The lowest BCUT2D eigenvalue weighted by atomic mass is 9.78. The smallest absolute Gasteiger partial charge is 0.224 e. The number of fused-ring (bicyclic) bond motifs is 1. The number of ketones is 1. The third kappa shape index (κ3) is 3.96. The van der Waals surface area contributed by atoms with Crippen molar-refractivity contribution in [2.75, 3.05) is 10.2 Å². The number of carbonyl (C=O) groups excluding carboxylic acids is 2. The van der Waals surface area contributed by atoms with E-state index in [1.54, 1.807) is 11.8 Å². The van der Waals surface area contributed by atoms with Gasteiger partial charge in [-0.15, -0.1) is 0 Å². The summed E-state index contributed by atoms with van der Waals surface area (Å²) in [6, 6.07) is 23.1. The van der Waals surface area contributed by atoms with Crippen molar-refractivity contribution in [2.45, 2.75) is 38.6 Å². The Morgan fingerprint density at radius 1 is 0.939 bits per heavy atom. The molecule has 0 fully saturated rings. The lowest BCUT2D eigenvalue weighted by Crippen LogP contribution is -2.37. The minimum absolute atomic E-state index is 0.0516. The SMILES string of the molecule is CC(=O)N1c2ccccc2NC2=C(C(=O)C[C@@H](c3ccc(Cl)cc3)C2)[C@@H]1c1ccc(C)cc1. The Bertz CT molecular complexity index is 1260. The number of nitrogens with zero attached hydrogens (tertiary/aromatic N) is 1. The number of allylic oxidation sites excluding steroid dienone is 1. The summed E-state index contributed by atoms with van der Waals surface area (Å²) in [4.78, 5) is 28.5. The lowest BCUT2D eigenvalue weighted by molar-refractivity contribution is -0.117. The van der Waals surface area contributed by atoms with E-state index in [2.05, 4.69) is 5.32 Å². The number of aryl methyl sites for hydroxylation is 1. The van der Waals surface area contributed by atoms with Crippen LogP contribution in [0.2, 0.25) is 5.02 Å². The molecule has 2 atom stereocenters. The summed E-state index contributed by atoms with van der Waals surface area (Å²) in [6.45, 7) is 3.59. The van der Waals surface area contributed by atoms with Crippen LogP contribution in [0.4, 0.5) is 11.4 Å². The second-order valence-electron chi connectivity index (χ2n) is 8.82. The molecule has 0 bridgehead atoms. The molecule has 1 aliphatic carbocycles. The number of rotatable bonds is 2. The predicted octanol–water partition coefficient (Wildman–Crippen LogP) is 6.57. The summed E-state index contributed by atoms with van der Waals surface area (Å²) in [7, 11) is 0. The van der Waals surface area contributed by atoms with Gasteiger partial charge in [0.1, 0.15) is 0 Å². The van der Waals surface area contributed by atoms with Crippen LogP contribution < -0.4 is 10.2 Å². The maximum atomic E-state index is 13.7. The molecule has 4 nitrogen and oxygen atoms in total. The Labute approximate surface area is 198 Å². The molecule has 166 valence electrons. The van der Waals surface area contributed by atoms with Crippen molar-refractivity contribution in [2.24, 2.45) is 0 Å². The largest absolute Gasteiger partial charge is 0.357 e. The van der Waals surface area contributed by atoms with Crippen molar-refractivity contribution in [1.82, 2.24) is 0 Å². The van der Waals surface area contributed by atoms with Crippen LogP contribution in [0.1, 0.15) is 48.4 Å². The predicted molar refractivity (Wildman–Crippen MR) is 133 cm³/mol. The first kappa shape index (κ1) is 21.5. The van der Waals surface area contributed by atoms with Gasteiger partial charge in [0, 0.05) is 29.6 Å². The number of halogens is 1. The van der Waals surface area contributed by atoms with Crippen LogP contribution in [-0.2, 0) is 9.59 Å². The zero-order valence-corrected chi connectivity index (χ0v) is 19.4. The van der Waals surface area contributed by atoms with Crippen LogP contribution in [-0.4, -0.2) is 11.7 Å². The molecule has 1 N–H and O–H groups in total. The molecule has 1 amide bonds. The number of nitrogens with one attached hydrogen (secondary N) is 1. The van der Waals surface area contributed by atoms with Gasteiger partial charge in [-0.2, -0.15) is 0 Å². The average Bonchev–Trinajstić information content (AvgIpc) is 2.94. The van der Waals surface area contributed by atoms with Crippen molar-refractivity contribution in [3.8, 4) is 0 Å². The van der Waals surface area contributed by atoms with Crippen molar-refractivity contribution < 1.29 is 9.59 Å². The summed E-state index contributed by atoms with van der Waals surface area (Å²) < 4.78 is 0. The molecule has 0 radical (unpaired) electrons. The Morgan fingerprint density at radius 3 is 2.30 bits per heavy atom. The Kier molecular flexibility index (Phi) is 5.55. The van der Waals surface area contributed by atoms with E-state index in [1.165, 1.54) is 0 Å². The molecule has 0 aromatic heterocycles. The molecule has 1 aliphatic heterocycles. The topological polar surface area (TPSA) is 49.4 Å². The number of hydrogen-bond acceptors (Lipinski definition) is 3. The second-order valence-corrected chi connectivity index (χ2v) is 9.25. The van der Waals surface area contributed by atoms with Gasteiger partial charge in [-0.25, -0.2) is 0 Å². The van der Waals surface area contributed by atoms with E-state index < -0.39 is 6.04 Å². The van der Waals surface area contributed by atoms with Crippen LogP contribution in [0.5, 0.6) is 0 Å². The van der Waals surface area contributed by atoms with Crippen LogP contribution in [0.3, 0.4) is 0 Å². The molecule has 5 rings (SSSR count). The minimum atomic E-state index is -0.479. The van der Waals surface area contributed by atoms with E-state index in [-0.39, 0.29) is 17.6 Å². The molecule has 0 unspecified atom stereocenters. The molecule has 0 spiro atoms. The fourth-order valence-electron chi connectivity index (χ4n) is 4.97. The standard InChI is InChI=1S/C28H25ClN2O2/c1-17-7-9-20(10-8-17)28-27-24(30-23-5-3-4-6-25(23)31(28)18(2)32)15-21(16-26(27)33)19-11-13-22(29)14-12-19/h3-14,21,28,30H,15-16H2,1-2H3/t21-,28-/m0/s1. The van der Waals surface area contributed by atoms with Gasteiger partial charge in [-0.1, -0.05) is 65.7 Å². The van der Waals surface area contributed by atoms with E-state index in [4.69, 9.17) is 11.6 Å². The summed E-state index contributed by atoms with van der Waals surface area (Å²) >= 11 is 6.09. The second kappa shape index (κ2) is 8.53. The molecule has 1 heterocycles. The van der Waals surface area contributed by atoms with Gasteiger partial charge in [0.05, 0.1) is 17.4 Å². The fourth-order valence-corrected chi connectivity index (χ4v) is 5.10. The quantitative estimate of drug-likeness (QED) is 0.474. The average molecular weight is 457 g/mol. The van der Waals surface area contributed by atoms with E-state index >= 15 is 0 Å². The van der Waals surface area contributed by atoms with Gasteiger partial charge < -0.3 is 5.32 Å². The monoisotopic (exact) mass is 456 g/mol. The summed E-state index contributed by atoms with van der Waals surface area (Å²) in [5.74, 6) is 0.0141. The molecule has 3 aromatic rings. The van der Waals surface area contributed by atoms with Crippen molar-refractivity contribution in [3.63, 3.8) is 0 Å². The van der Waals surface area contributed by atoms with Crippen molar-refractivity contribution >= 4 is 34.7 Å². The number of hydrogen-bond donors (Lipinski definition) is 1. The third-order valence-electron chi connectivity index (χ3n) is 6.56. The summed E-state index contributed by atoms with van der Waals surface area (Å²) in [5.41, 5.74) is 6.32. The van der Waals surface area contributed by atoms with Gasteiger partial charge >= 0.3 is 0 Å². The summed E-state index contributed by atoms with van der Waals surface area (Å²) in [5, 5.41) is 4.22. The van der Waals surface area contributed by atoms with Crippen molar-refractivity contribution in [3.05, 3.63) is 106 Å². The van der Waals surface area contributed by atoms with Gasteiger partial charge in [0.25, 0.3) is 0 Å². The van der Waals surface area contributed by atoms with Crippen LogP contribution in [0, 0.1) is 6.92 Å². The fraction of sp³-hybridized carbons (Fsp3) is 0.214. The minimum Gasteiger partial charge on any atom is -0.357 e.